The van der Waals surface area contributed by atoms with Gasteiger partial charge in [-0.2, -0.15) is 4.98 Å². The van der Waals surface area contributed by atoms with Crippen LogP contribution in [-0.4, -0.2) is 40.2 Å². The molecule has 0 radical (unpaired) electrons. The maximum Gasteiger partial charge on any atom is 0.258 e. The molecule has 162 valence electrons. The van der Waals surface area contributed by atoms with Crippen molar-refractivity contribution in [2.45, 2.75) is 18.9 Å². The Morgan fingerprint density at radius 3 is 2.58 bits per heavy atom. The van der Waals surface area contributed by atoms with E-state index in [0.717, 1.165) is 33.2 Å². The summed E-state index contributed by atoms with van der Waals surface area (Å²) in [4.78, 5) is 4.50. The van der Waals surface area contributed by atoms with E-state index in [1.165, 1.54) is 0 Å². The average molecular weight is 488 g/mol. The minimum Gasteiger partial charge on any atom is -0.492 e. The molecule has 2 aromatic heterocycles. The first-order chi connectivity index (χ1) is 15.0. The van der Waals surface area contributed by atoms with Gasteiger partial charge in [-0.3, -0.25) is 0 Å². The van der Waals surface area contributed by atoms with Crippen LogP contribution in [0.15, 0.2) is 55.9 Å². The summed E-state index contributed by atoms with van der Waals surface area (Å²) in [5.41, 5.74) is 6.72. The lowest BCUT2D eigenvalue weighted by Crippen LogP contribution is -2.43. The van der Waals surface area contributed by atoms with Crippen LogP contribution in [0.5, 0.6) is 5.75 Å². The first kappa shape index (κ1) is 21.5. The van der Waals surface area contributed by atoms with E-state index in [9.17, 15) is 10.2 Å². The van der Waals surface area contributed by atoms with Gasteiger partial charge in [0.05, 0.1) is 24.3 Å². The Labute approximate surface area is 186 Å². The number of fused-ring (bicyclic) bond motifs is 1. The van der Waals surface area contributed by atoms with Crippen LogP contribution in [0.3, 0.4) is 0 Å². The molecule has 2 aromatic carbocycles. The highest BCUT2D eigenvalue weighted by Gasteiger charge is 2.30. The molecule has 0 aliphatic rings. The van der Waals surface area contributed by atoms with E-state index < -0.39 is 18.8 Å². The number of halogens is 1. The van der Waals surface area contributed by atoms with Gasteiger partial charge in [-0.25, -0.2) is 0 Å². The van der Waals surface area contributed by atoms with Crippen molar-refractivity contribution in [3.63, 3.8) is 0 Å². The molecular formula is C22H22BrN3O5. The van der Waals surface area contributed by atoms with Crippen LogP contribution in [0.2, 0.25) is 0 Å². The molecule has 2 heterocycles. The number of aliphatic hydroxyl groups excluding tert-OH is 2. The Hall–Kier alpha value is -2.72. The quantitative estimate of drug-likeness (QED) is 0.342. The Bertz CT molecular complexity index is 1200. The lowest BCUT2D eigenvalue weighted by molar-refractivity contribution is 0.105. The fourth-order valence-electron chi connectivity index (χ4n) is 3.05. The largest absolute Gasteiger partial charge is 0.492 e. The van der Waals surface area contributed by atoms with E-state index in [2.05, 4.69) is 33.0 Å². The summed E-state index contributed by atoms with van der Waals surface area (Å²) >= 11 is 3.51. The monoisotopic (exact) mass is 487 g/mol. The predicted octanol–water partition coefficient (Wildman–Crippen LogP) is 3.84. The number of rotatable bonds is 8. The SMILES string of the molecule is CCCOc1ccc(-c2nc(-c3ccc4oc(C(N)(CO)CO)cc4c3)no2)cc1Br. The zero-order valence-corrected chi connectivity index (χ0v) is 18.4. The predicted molar refractivity (Wildman–Crippen MR) is 118 cm³/mol. The van der Waals surface area contributed by atoms with E-state index >= 15 is 0 Å². The number of ether oxygens (including phenoxy) is 1. The second-order valence-corrected chi connectivity index (χ2v) is 8.11. The zero-order valence-electron chi connectivity index (χ0n) is 16.8. The summed E-state index contributed by atoms with van der Waals surface area (Å²) in [6.07, 6.45) is 0.927. The molecule has 0 bridgehead atoms. The molecule has 31 heavy (non-hydrogen) atoms. The van der Waals surface area contributed by atoms with Crippen LogP contribution < -0.4 is 10.5 Å². The maximum absolute atomic E-state index is 9.50. The number of furan rings is 1. The highest BCUT2D eigenvalue weighted by molar-refractivity contribution is 9.10. The standard InChI is InChI=1S/C22H22BrN3O5/c1-2-7-29-18-6-4-14(9-16(18)23)21-25-20(26-31-21)13-3-5-17-15(8-13)10-19(30-17)22(24,11-27)12-28/h3-6,8-10,27-28H,2,7,11-12,24H2,1H3. The van der Waals surface area contributed by atoms with Gasteiger partial charge in [0.25, 0.3) is 5.89 Å². The van der Waals surface area contributed by atoms with E-state index in [1.807, 2.05) is 24.3 Å². The normalized spacial score (nSPS) is 11.9. The molecule has 0 unspecified atom stereocenters. The van der Waals surface area contributed by atoms with E-state index in [-0.39, 0.29) is 0 Å². The molecule has 0 saturated carbocycles. The van der Waals surface area contributed by atoms with Crippen molar-refractivity contribution in [2.24, 2.45) is 5.73 Å². The fourth-order valence-corrected chi connectivity index (χ4v) is 3.55. The van der Waals surface area contributed by atoms with Gasteiger partial charge in [0.15, 0.2) is 0 Å². The molecule has 0 aliphatic heterocycles. The van der Waals surface area contributed by atoms with Gasteiger partial charge in [0, 0.05) is 16.5 Å². The molecule has 0 fully saturated rings. The Kier molecular flexibility index (Phi) is 6.10. The van der Waals surface area contributed by atoms with Crippen molar-refractivity contribution >= 4 is 26.9 Å². The molecule has 0 saturated heterocycles. The molecule has 8 nitrogen and oxygen atoms in total. The van der Waals surface area contributed by atoms with E-state index in [4.69, 9.17) is 19.4 Å². The lowest BCUT2D eigenvalue weighted by atomic mass is 10.00. The molecular weight excluding hydrogens is 466 g/mol. The third-order valence-electron chi connectivity index (χ3n) is 4.90. The van der Waals surface area contributed by atoms with Gasteiger partial charge in [-0.1, -0.05) is 12.1 Å². The summed E-state index contributed by atoms with van der Waals surface area (Å²) < 4.78 is 17.6. The minimum atomic E-state index is -1.35. The third-order valence-corrected chi connectivity index (χ3v) is 5.52. The number of nitrogens with zero attached hydrogens (tertiary/aromatic N) is 2. The number of nitrogens with two attached hydrogens (primary N) is 1. The lowest BCUT2D eigenvalue weighted by Gasteiger charge is -2.21. The van der Waals surface area contributed by atoms with Crippen LogP contribution in [0.1, 0.15) is 19.1 Å². The summed E-state index contributed by atoms with van der Waals surface area (Å²) in [6.45, 7) is 1.81. The molecule has 0 spiro atoms. The Morgan fingerprint density at radius 1 is 1.10 bits per heavy atom. The minimum absolute atomic E-state index is 0.300. The molecule has 0 amide bonds. The highest BCUT2D eigenvalue weighted by atomic mass is 79.9. The third kappa shape index (κ3) is 4.22. The molecule has 4 rings (SSSR count). The first-order valence-corrected chi connectivity index (χ1v) is 10.6. The van der Waals surface area contributed by atoms with Crippen LogP contribution in [0, 0.1) is 0 Å². The van der Waals surface area contributed by atoms with Crippen molar-refractivity contribution in [3.05, 3.63) is 52.7 Å². The molecule has 4 aromatic rings. The van der Waals surface area contributed by atoms with Gasteiger partial charge in [0.1, 0.15) is 22.6 Å². The van der Waals surface area contributed by atoms with Crippen molar-refractivity contribution in [3.8, 4) is 28.6 Å². The first-order valence-electron chi connectivity index (χ1n) is 9.79. The number of aliphatic hydroxyl groups is 2. The van der Waals surface area contributed by atoms with Gasteiger partial charge in [-0.15, -0.1) is 0 Å². The maximum atomic E-state index is 9.50. The van der Waals surface area contributed by atoms with Crippen molar-refractivity contribution in [1.82, 2.24) is 10.1 Å². The van der Waals surface area contributed by atoms with Crippen LogP contribution in [0.25, 0.3) is 33.8 Å². The Morgan fingerprint density at radius 2 is 1.87 bits per heavy atom. The van der Waals surface area contributed by atoms with Crippen LogP contribution >= 0.6 is 15.9 Å². The number of aromatic nitrogens is 2. The van der Waals surface area contributed by atoms with Crippen molar-refractivity contribution in [2.75, 3.05) is 19.8 Å². The van der Waals surface area contributed by atoms with E-state index in [0.29, 0.717) is 29.7 Å². The van der Waals surface area contributed by atoms with Gasteiger partial charge < -0.3 is 29.6 Å². The summed E-state index contributed by atoms with van der Waals surface area (Å²) in [5, 5.41) is 23.8. The van der Waals surface area contributed by atoms with Crippen molar-refractivity contribution in [1.29, 1.82) is 0 Å². The molecule has 9 heteroatoms. The van der Waals surface area contributed by atoms with Gasteiger partial charge >= 0.3 is 0 Å². The fraction of sp³-hybridized carbons (Fsp3) is 0.273. The summed E-state index contributed by atoms with van der Waals surface area (Å²) in [6, 6.07) is 12.7. The molecule has 0 aliphatic carbocycles. The second-order valence-electron chi connectivity index (χ2n) is 7.25. The zero-order chi connectivity index (χ0) is 22.0. The summed E-state index contributed by atoms with van der Waals surface area (Å²) in [5.74, 6) is 1.86. The van der Waals surface area contributed by atoms with Gasteiger partial charge in [0.2, 0.25) is 5.82 Å². The Balaban J connectivity index is 1.62. The molecule has 0 atom stereocenters. The number of hydrogen-bond donors (Lipinski definition) is 3. The van der Waals surface area contributed by atoms with Crippen LogP contribution in [0.4, 0.5) is 0 Å². The van der Waals surface area contributed by atoms with Crippen LogP contribution in [-0.2, 0) is 5.54 Å². The average Bonchev–Trinajstić information content (AvgIpc) is 3.45. The topological polar surface area (TPSA) is 128 Å². The van der Waals surface area contributed by atoms with E-state index in [1.54, 1.807) is 18.2 Å². The highest BCUT2D eigenvalue weighted by Crippen LogP contribution is 2.32. The molecule has 4 N–H and O–H groups in total. The van der Waals surface area contributed by atoms with Gasteiger partial charge in [-0.05, 0) is 64.8 Å². The smallest absolute Gasteiger partial charge is 0.258 e. The number of hydrogen-bond acceptors (Lipinski definition) is 8. The van der Waals surface area contributed by atoms with Crippen molar-refractivity contribution < 1.29 is 23.9 Å². The number of benzene rings is 2. The second kappa shape index (κ2) is 8.80. The summed E-state index contributed by atoms with van der Waals surface area (Å²) in [7, 11) is 0.